The van der Waals surface area contributed by atoms with E-state index in [9.17, 15) is 4.79 Å². The van der Waals surface area contributed by atoms with Crippen LogP contribution in [0.4, 0.5) is 0 Å². The molecule has 3 nitrogen and oxygen atoms in total. The summed E-state index contributed by atoms with van der Waals surface area (Å²) in [6.45, 7) is 2.60. The number of nitrogens with one attached hydrogen (secondary N) is 1. The number of rotatable bonds is 5. The van der Waals surface area contributed by atoms with E-state index in [2.05, 4.69) is 5.32 Å². The molecule has 3 N–H and O–H groups in total. The highest BCUT2D eigenvalue weighted by atomic mass is 32.1. The van der Waals surface area contributed by atoms with Gasteiger partial charge in [0.05, 0.1) is 6.04 Å². The normalized spacial score (nSPS) is 12.4. The molecule has 0 aliphatic rings. The molecule has 1 aromatic heterocycles. The van der Waals surface area contributed by atoms with Crippen molar-refractivity contribution in [1.82, 2.24) is 5.32 Å². The minimum absolute atomic E-state index is 0.0574. The highest BCUT2D eigenvalue weighted by Crippen LogP contribution is 2.05. The largest absolute Gasteiger partial charge is 0.351 e. The summed E-state index contributed by atoms with van der Waals surface area (Å²) in [6, 6.07) is 1.63. The van der Waals surface area contributed by atoms with Gasteiger partial charge in [-0.15, -0.1) is 0 Å². The Morgan fingerprint density at radius 1 is 1.71 bits per heavy atom. The molecule has 0 aliphatic carbocycles. The second kappa shape index (κ2) is 5.78. The molecule has 1 aromatic rings. The van der Waals surface area contributed by atoms with Gasteiger partial charge >= 0.3 is 0 Å². The monoisotopic (exact) mass is 212 g/mol. The van der Waals surface area contributed by atoms with E-state index in [1.165, 1.54) is 0 Å². The maximum atomic E-state index is 11.4. The summed E-state index contributed by atoms with van der Waals surface area (Å²) in [5.41, 5.74) is 6.79. The molecule has 0 aliphatic heterocycles. The third-order valence-electron chi connectivity index (χ3n) is 1.98. The number of thiophene rings is 1. The lowest BCUT2D eigenvalue weighted by Gasteiger charge is -2.10. The summed E-state index contributed by atoms with van der Waals surface area (Å²) in [4.78, 5) is 11.4. The summed E-state index contributed by atoms with van der Waals surface area (Å²) in [5, 5.41) is 6.83. The molecule has 0 saturated carbocycles. The molecule has 0 fully saturated rings. The van der Waals surface area contributed by atoms with Crippen molar-refractivity contribution >= 4 is 17.2 Å². The summed E-state index contributed by atoms with van der Waals surface area (Å²) < 4.78 is 0. The lowest BCUT2D eigenvalue weighted by molar-refractivity contribution is -0.122. The van der Waals surface area contributed by atoms with E-state index in [1.54, 1.807) is 11.3 Å². The first kappa shape index (κ1) is 11.2. The highest BCUT2D eigenvalue weighted by Gasteiger charge is 2.10. The molecule has 0 bridgehead atoms. The van der Waals surface area contributed by atoms with Gasteiger partial charge in [0.25, 0.3) is 0 Å². The second-order valence-corrected chi connectivity index (χ2v) is 4.02. The van der Waals surface area contributed by atoms with Crippen molar-refractivity contribution in [3.05, 3.63) is 22.4 Å². The van der Waals surface area contributed by atoms with E-state index in [0.717, 1.165) is 18.4 Å². The smallest absolute Gasteiger partial charge is 0.237 e. The van der Waals surface area contributed by atoms with Crippen LogP contribution in [0.5, 0.6) is 0 Å². The Morgan fingerprint density at radius 3 is 3.07 bits per heavy atom. The molecule has 1 heterocycles. The van der Waals surface area contributed by atoms with Crippen LogP contribution in [0, 0.1) is 0 Å². The van der Waals surface area contributed by atoms with Gasteiger partial charge in [-0.3, -0.25) is 4.79 Å². The van der Waals surface area contributed by atoms with Crippen molar-refractivity contribution < 1.29 is 4.79 Å². The van der Waals surface area contributed by atoms with E-state index in [-0.39, 0.29) is 11.9 Å². The molecule has 1 amide bonds. The number of amides is 1. The number of nitrogens with two attached hydrogens (primary N) is 1. The first-order valence-corrected chi connectivity index (χ1v) is 5.72. The molecule has 1 rings (SSSR count). The molecule has 0 saturated heterocycles. The van der Waals surface area contributed by atoms with E-state index < -0.39 is 0 Å². The number of hydrogen-bond donors (Lipinski definition) is 2. The Labute approximate surface area is 88.3 Å². The molecule has 0 unspecified atom stereocenters. The third-order valence-corrected chi connectivity index (χ3v) is 2.72. The SMILES string of the molecule is CCC[C@@H](N)C(=O)NCc1ccsc1. The van der Waals surface area contributed by atoms with Crippen molar-refractivity contribution in [1.29, 1.82) is 0 Å². The zero-order valence-electron chi connectivity index (χ0n) is 8.32. The van der Waals surface area contributed by atoms with Crippen LogP contribution in [-0.2, 0) is 11.3 Å². The van der Waals surface area contributed by atoms with Crippen molar-refractivity contribution in [2.75, 3.05) is 0 Å². The molecule has 0 radical (unpaired) electrons. The lowest BCUT2D eigenvalue weighted by atomic mass is 10.1. The van der Waals surface area contributed by atoms with Crippen molar-refractivity contribution in [2.45, 2.75) is 32.4 Å². The van der Waals surface area contributed by atoms with Gasteiger partial charge in [-0.1, -0.05) is 13.3 Å². The standard InChI is InChI=1S/C10H16N2OS/c1-2-3-9(11)10(13)12-6-8-4-5-14-7-8/h4-5,7,9H,2-3,6,11H2,1H3,(H,12,13)/t9-/m1/s1. The van der Waals surface area contributed by atoms with Crippen LogP contribution in [0.1, 0.15) is 25.3 Å². The lowest BCUT2D eigenvalue weighted by Crippen LogP contribution is -2.39. The molecule has 4 heteroatoms. The zero-order chi connectivity index (χ0) is 10.4. The van der Waals surface area contributed by atoms with Gasteiger partial charge in [-0.2, -0.15) is 11.3 Å². The molecule has 78 valence electrons. The van der Waals surface area contributed by atoms with Crippen LogP contribution < -0.4 is 11.1 Å². The number of carbonyl (C=O) groups excluding carboxylic acids is 1. The highest BCUT2D eigenvalue weighted by molar-refractivity contribution is 7.07. The molecule has 0 spiro atoms. The topological polar surface area (TPSA) is 55.1 Å². The number of hydrogen-bond acceptors (Lipinski definition) is 3. The van der Waals surface area contributed by atoms with E-state index in [1.807, 2.05) is 23.8 Å². The zero-order valence-corrected chi connectivity index (χ0v) is 9.14. The Kier molecular flexibility index (Phi) is 4.62. The Balaban J connectivity index is 2.27. The van der Waals surface area contributed by atoms with Gasteiger partial charge in [0.2, 0.25) is 5.91 Å². The van der Waals surface area contributed by atoms with Gasteiger partial charge in [0, 0.05) is 6.54 Å². The third kappa shape index (κ3) is 3.47. The average molecular weight is 212 g/mol. The second-order valence-electron chi connectivity index (χ2n) is 3.24. The summed E-state index contributed by atoms with van der Waals surface area (Å²) in [7, 11) is 0. The fraction of sp³-hybridized carbons (Fsp3) is 0.500. The van der Waals surface area contributed by atoms with Crippen molar-refractivity contribution in [3.8, 4) is 0 Å². The first-order valence-electron chi connectivity index (χ1n) is 4.78. The van der Waals surface area contributed by atoms with Gasteiger partial charge in [0.1, 0.15) is 0 Å². The molecule has 14 heavy (non-hydrogen) atoms. The average Bonchev–Trinajstić information content (AvgIpc) is 2.67. The first-order chi connectivity index (χ1) is 6.74. The van der Waals surface area contributed by atoms with Crippen molar-refractivity contribution in [2.24, 2.45) is 5.73 Å². The quantitative estimate of drug-likeness (QED) is 0.777. The van der Waals surface area contributed by atoms with E-state index in [0.29, 0.717) is 6.54 Å². The maximum Gasteiger partial charge on any atom is 0.237 e. The molecule has 1 atom stereocenters. The van der Waals surface area contributed by atoms with Crippen LogP contribution in [-0.4, -0.2) is 11.9 Å². The van der Waals surface area contributed by atoms with E-state index >= 15 is 0 Å². The Morgan fingerprint density at radius 2 is 2.50 bits per heavy atom. The van der Waals surface area contributed by atoms with Crippen molar-refractivity contribution in [3.63, 3.8) is 0 Å². The van der Waals surface area contributed by atoms with Crippen LogP contribution in [0.25, 0.3) is 0 Å². The van der Waals surface area contributed by atoms with Gasteiger partial charge in [-0.25, -0.2) is 0 Å². The van der Waals surface area contributed by atoms with Gasteiger partial charge in [0.15, 0.2) is 0 Å². The fourth-order valence-corrected chi connectivity index (χ4v) is 1.82. The number of carbonyl (C=O) groups is 1. The van der Waals surface area contributed by atoms with Gasteiger partial charge < -0.3 is 11.1 Å². The predicted molar refractivity (Wildman–Crippen MR) is 59.0 cm³/mol. The van der Waals surface area contributed by atoms with Crippen LogP contribution in [0.3, 0.4) is 0 Å². The summed E-state index contributed by atoms with van der Waals surface area (Å²) >= 11 is 1.63. The van der Waals surface area contributed by atoms with Gasteiger partial charge in [-0.05, 0) is 28.8 Å². The predicted octanol–water partition coefficient (Wildman–Crippen LogP) is 1.49. The summed E-state index contributed by atoms with van der Waals surface area (Å²) in [6.07, 6.45) is 1.68. The van der Waals surface area contributed by atoms with Crippen LogP contribution >= 0.6 is 11.3 Å². The molecular formula is C10H16N2OS. The molecule has 0 aromatic carbocycles. The molecular weight excluding hydrogens is 196 g/mol. The fourth-order valence-electron chi connectivity index (χ4n) is 1.16. The Hall–Kier alpha value is -0.870. The minimum Gasteiger partial charge on any atom is -0.351 e. The summed E-state index contributed by atoms with van der Waals surface area (Å²) in [5.74, 6) is -0.0574. The van der Waals surface area contributed by atoms with Crippen LogP contribution in [0.2, 0.25) is 0 Å². The minimum atomic E-state index is -0.362. The van der Waals surface area contributed by atoms with E-state index in [4.69, 9.17) is 5.73 Å². The Bertz CT molecular complexity index is 272. The van der Waals surface area contributed by atoms with Crippen LogP contribution in [0.15, 0.2) is 16.8 Å². The maximum absolute atomic E-state index is 11.4.